The van der Waals surface area contributed by atoms with Crippen molar-refractivity contribution in [3.05, 3.63) is 21.6 Å². The van der Waals surface area contributed by atoms with Crippen LogP contribution in [0, 0.1) is 0 Å². The minimum absolute atomic E-state index is 0.207. The third-order valence-corrected chi connectivity index (χ3v) is 5.46. The molecule has 0 saturated carbocycles. The van der Waals surface area contributed by atoms with Gasteiger partial charge in [-0.25, -0.2) is 4.68 Å². The van der Waals surface area contributed by atoms with Gasteiger partial charge in [0.1, 0.15) is 5.02 Å². The second kappa shape index (κ2) is 6.65. The van der Waals surface area contributed by atoms with Crippen LogP contribution in [0.25, 0.3) is 0 Å². The van der Waals surface area contributed by atoms with E-state index in [4.69, 9.17) is 11.6 Å². The summed E-state index contributed by atoms with van der Waals surface area (Å²) in [5, 5.41) is 4.62. The fourth-order valence-corrected chi connectivity index (χ4v) is 3.70. The highest BCUT2D eigenvalue weighted by Gasteiger charge is 2.35. The summed E-state index contributed by atoms with van der Waals surface area (Å²) in [7, 11) is 0. The number of rotatable bonds is 3. The number of halogens is 1. The minimum atomic E-state index is -0.365. The van der Waals surface area contributed by atoms with Gasteiger partial charge in [0.15, 0.2) is 0 Å². The molecule has 134 valence electrons. The van der Waals surface area contributed by atoms with Gasteiger partial charge in [-0.2, -0.15) is 5.10 Å². The molecule has 0 radical (unpaired) electrons. The molecular weight excluding hydrogens is 326 g/mol. The van der Waals surface area contributed by atoms with Crippen molar-refractivity contribution in [3.8, 4) is 0 Å². The molecule has 2 saturated heterocycles. The predicted octanol–water partition coefficient (Wildman–Crippen LogP) is 1.48. The van der Waals surface area contributed by atoms with Crippen molar-refractivity contribution in [2.24, 2.45) is 0 Å². The van der Waals surface area contributed by atoms with E-state index in [1.165, 1.54) is 4.68 Å². The molecule has 0 spiro atoms. The first kappa shape index (κ1) is 17.7. The van der Waals surface area contributed by atoms with Crippen LogP contribution in [-0.4, -0.2) is 71.4 Å². The van der Waals surface area contributed by atoms with Gasteiger partial charge in [-0.1, -0.05) is 18.5 Å². The van der Waals surface area contributed by atoms with Crippen LogP contribution in [-0.2, 0) is 5.54 Å². The lowest BCUT2D eigenvalue weighted by Gasteiger charge is -2.49. The molecule has 24 heavy (non-hydrogen) atoms. The number of anilines is 1. The highest BCUT2D eigenvalue weighted by atomic mass is 35.5. The van der Waals surface area contributed by atoms with Crippen LogP contribution >= 0.6 is 11.6 Å². The average molecular weight is 354 g/mol. The topological polar surface area (TPSA) is 44.6 Å². The zero-order valence-corrected chi connectivity index (χ0v) is 15.9. The molecule has 0 bridgehead atoms. The summed E-state index contributed by atoms with van der Waals surface area (Å²) in [6.07, 6.45) is 1.74. The van der Waals surface area contributed by atoms with Gasteiger partial charge in [0, 0.05) is 45.3 Å². The highest BCUT2D eigenvalue weighted by molar-refractivity contribution is 6.33. The van der Waals surface area contributed by atoms with E-state index in [1.54, 1.807) is 6.20 Å². The zero-order valence-electron chi connectivity index (χ0n) is 15.1. The summed E-state index contributed by atoms with van der Waals surface area (Å²) in [6.45, 7) is 15.6. The van der Waals surface area contributed by atoms with E-state index in [0.717, 1.165) is 51.5 Å². The maximum atomic E-state index is 12.5. The van der Waals surface area contributed by atoms with Crippen molar-refractivity contribution in [2.45, 2.75) is 39.3 Å². The molecule has 3 rings (SSSR count). The van der Waals surface area contributed by atoms with Crippen molar-refractivity contribution >= 4 is 17.3 Å². The van der Waals surface area contributed by atoms with E-state index in [2.05, 4.69) is 26.7 Å². The monoisotopic (exact) mass is 353 g/mol. The Morgan fingerprint density at radius 1 is 1.21 bits per heavy atom. The van der Waals surface area contributed by atoms with E-state index >= 15 is 0 Å². The second-order valence-corrected chi connectivity index (χ2v) is 8.14. The maximum Gasteiger partial charge on any atom is 0.288 e. The Morgan fingerprint density at radius 2 is 1.83 bits per heavy atom. The van der Waals surface area contributed by atoms with Gasteiger partial charge in [0.25, 0.3) is 5.56 Å². The Kier molecular flexibility index (Phi) is 4.91. The van der Waals surface area contributed by atoms with Gasteiger partial charge in [-0.3, -0.25) is 9.69 Å². The quantitative estimate of drug-likeness (QED) is 0.823. The minimum Gasteiger partial charge on any atom is -0.366 e. The molecule has 0 N–H and O–H groups in total. The third-order valence-electron chi connectivity index (χ3n) is 5.11. The highest BCUT2D eigenvalue weighted by Crippen LogP contribution is 2.28. The molecule has 3 heterocycles. The summed E-state index contributed by atoms with van der Waals surface area (Å²) in [5.74, 6) is 0. The van der Waals surface area contributed by atoms with Crippen LogP contribution in [0.1, 0.15) is 27.7 Å². The van der Waals surface area contributed by atoms with Crippen LogP contribution < -0.4 is 10.5 Å². The van der Waals surface area contributed by atoms with E-state index < -0.39 is 0 Å². The second-order valence-electron chi connectivity index (χ2n) is 7.76. The van der Waals surface area contributed by atoms with Crippen molar-refractivity contribution in [2.75, 3.05) is 50.7 Å². The molecule has 0 aromatic carbocycles. The number of hydrogen-bond acceptors (Lipinski definition) is 5. The van der Waals surface area contributed by atoms with Gasteiger partial charge in [-0.05, 0) is 27.3 Å². The van der Waals surface area contributed by atoms with Crippen molar-refractivity contribution < 1.29 is 0 Å². The molecule has 1 aromatic heterocycles. The molecule has 0 atom stereocenters. The Labute approximate surface area is 149 Å². The lowest BCUT2D eigenvalue weighted by molar-refractivity contribution is 0.0861. The summed E-state index contributed by atoms with van der Waals surface area (Å²) >= 11 is 6.35. The molecule has 1 aromatic rings. The Morgan fingerprint density at radius 3 is 2.38 bits per heavy atom. The fraction of sp³-hybridized carbons (Fsp3) is 0.765. The van der Waals surface area contributed by atoms with Crippen molar-refractivity contribution in [1.82, 2.24) is 19.6 Å². The zero-order chi connectivity index (χ0) is 17.5. The van der Waals surface area contributed by atoms with Crippen LogP contribution in [0.2, 0.25) is 5.02 Å². The molecule has 2 aliphatic heterocycles. The van der Waals surface area contributed by atoms with Crippen LogP contribution in [0.15, 0.2) is 11.0 Å². The fourth-order valence-electron chi connectivity index (χ4n) is 3.45. The summed E-state index contributed by atoms with van der Waals surface area (Å²) in [5.41, 5.74) is 0.197. The lowest BCUT2D eigenvalue weighted by Crippen LogP contribution is -2.63. The lowest BCUT2D eigenvalue weighted by atomic mass is 10.1. The van der Waals surface area contributed by atoms with E-state index in [-0.39, 0.29) is 16.1 Å². The Bertz CT molecular complexity index is 639. The first-order chi connectivity index (χ1) is 11.3. The molecule has 6 nitrogen and oxygen atoms in total. The van der Waals surface area contributed by atoms with Crippen LogP contribution in [0.3, 0.4) is 0 Å². The van der Waals surface area contributed by atoms with E-state index in [1.807, 2.05) is 20.8 Å². The smallest absolute Gasteiger partial charge is 0.288 e. The maximum absolute atomic E-state index is 12.5. The van der Waals surface area contributed by atoms with E-state index in [0.29, 0.717) is 6.04 Å². The Balaban J connectivity index is 1.64. The van der Waals surface area contributed by atoms with Gasteiger partial charge >= 0.3 is 0 Å². The predicted molar refractivity (Wildman–Crippen MR) is 98.2 cm³/mol. The molecular formula is C17H28ClN5O. The van der Waals surface area contributed by atoms with Gasteiger partial charge in [0.05, 0.1) is 17.4 Å². The van der Waals surface area contributed by atoms with Crippen molar-refractivity contribution in [1.29, 1.82) is 0 Å². The van der Waals surface area contributed by atoms with Gasteiger partial charge in [-0.15, -0.1) is 0 Å². The first-order valence-corrected chi connectivity index (χ1v) is 9.18. The van der Waals surface area contributed by atoms with Crippen LogP contribution in [0.5, 0.6) is 0 Å². The van der Waals surface area contributed by atoms with Crippen LogP contribution in [0.4, 0.5) is 5.69 Å². The van der Waals surface area contributed by atoms with E-state index in [9.17, 15) is 4.79 Å². The average Bonchev–Trinajstić information content (AvgIpc) is 2.49. The summed E-state index contributed by atoms with van der Waals surface area (Å²) in [4.78, 5) is 19.7. The summed E-state index contributed by atoms with van der Waals surface area (Å²) in [6, 6.07) is 0.560. The van der Waals surface area contributed by atoms with Gasteiger partial charge < -0.3 is 9.80 Å². The SMILES string of the molecule is CCN1CCN(C2CN(c3cnn(C(C)(C)C)c(=O)c3Cl)C2)CC1. The molecule has 2 aliphatic rings. The normalized spacial score (nSPS) is 21.1. The number of aromatic nitrogens is 2. The molecule has 0 amide bonds. The summed E-state index contributed by atoms with van der Waals surface area (Å²) < 4.78 is 1.46. The largest absolute Gasteiger partial charge is 0.366 e. The third kappa shape index (κ3) is 3.32. The standard InChI is InChI=1S/C17H28ClN5O/c1-5-20-6-8-21(9-7-20)13-11-22(12-13)14-10-19-23(17(2,3)4)16(24)15(14)18/h10,13H,5-9,11-12H2,1-4H3. The Hall–Kier alpha value is -1.11. The van der Waals surface area contributed by atoms with Gasteiger partial charge in [0.2, 0.25) is 0 Å². The molecule has 0 aliphatic carbocycles. The molecule has 7 heteroatoms. The number of hydrogen-bond donors (Lipinski definition) is 0. The van der Waals surface area contributed by atoms with Crippen molar-refractivity contribution in [3.63, 3.8) is 0 Å². The number of nitrogens with zero attached hydrogens (tertiary/aromatic N) is 5. The number of piperazine rings is 1. The molecule has 0 unspecified atom stereocenters. The first-order valence-electron chi connectivity index (χ1n) is 8.81. The molecule has 2 fully saturated rings. The number of likely N-dealkylation sites (N-methyl/N-ethyl adjacent to an activating group) is 1.